The summed E-state index contributed by atoms with van der Waals surface area (Å²) < 4.78 is 0.959. The van der Waals surface area contributed by atoms with E-state index >= 15 is 0 Å². The largest absolute Gasteiger partial charge is 0.229 e. The molecule has 2 aromatic rings. The van der Waals surface area contributed by atoms with Crippen molar-refractivity contribution < 1.29 is 0 Å². The molecule has 0 saturated heterocycles. The molecule has 1 aromatic carbocycles. The van der Waals surface area contributed by atoms with Gasteiger partial charge >= 0.3 is 0 Å². The Morgan fingerprint density at radius 2 is 1.81 bits per heavy atom. The molecule has 3 heteroatoms. The van der Waals surface area contributed by atoms with Gasteiger partial charge in [-0.25, -0.2) is 4.98 Å². The van der Waals surface area contributed by atoms with Crippen molar-refractivity contribution in [1.82, 2.24) is 4.98 Å². The Morgan fingerprint density at radius 1 is 1.19 bits per heavy atom. The minimum atomic E-state index is 0.582. The molecule has 1 heterocycles. The Balaban J connectivity index is 2.34. The van der Waals surface area contributed by atoms with Crippen LogP contribution in [0.15, 0.2) is 28.9 Å². The van der Waals surface area contributed by atoms with Crippen molar-refractivity contribution in [1.29, 1.82) is 0 Å². The third-order valence-corrected chi connectivity index (χ3v) is 4.62. The number of benzene rings is 1. The number of halogens is 1. The van der Waals surface area contributed by atoms with E-state index in [-0.39, 0.29) is 0 Å². The summed E-state index contributed by atoms with van der Waals surface area (Å²) >= 11 is 5.17. The molecule has 0 unspecified atom stereocenters. The third-order valence-electron chi connectivity index (χ3n) is 2.56. The minimum Gasteiger partial charge on any atom is -0.229 e. The number of aryl methyl sites for hydroxylation is 1. The molecule has 0 bridgehead atoms. The van der Waals surface area contributed by atoms with E-state index in [1.54, 1.807) is 11.3 Å². The van der Waals surface area contributed by atoms with Gasteiger partial charge in [0.25, 0.3) is 0 Å². The van der Waals surface area contributed by atoms with Crippen molar-refractivity contribution >= 4 is 27.3 Å². The molecule has 0 N–H and O–H groups in total. The first-order chi connectivity index (χ1) is 7.58. The quantitative estimate of drug-likeness (QED) is 0.759. The van der Waals surface area contributed by atoms with Crippen molar-refractivity contribution in [3.05, 3.63) is 39.3 Å². The maximum Gasteiger partial charge on any atom is 0.124 e. The van der Waals surface area contributed by atoms with Gasteiger partial charge in [0, 0.05) is 10.4 Å². The van der Waals surface area contributed by atoms with Crippen molar-refractivity contribution in [2.45, 2.75) is 26.7 Å². The molecule has 0 spiro atoms. The molecule has 0 aliphatic rings. The van der Waals surface area contributed by atoms with E-state index in [9.17, 15) is 0 Å². The second-order valence-electron chi connectivity index (χ2n) is 4.14. The van der Waals surface area contributed by atoms with E-state index in [2.05, 4.69) is 66.0 Å². The highest BCUT2D eigenvalue weighted by atomic mass is 79.9. The fourth-order valence-corrected chi connectivity index (χ4v) is 2.86. The van der Waals surface area contributed by atoms with Crippen LogP contribution in [-0.4, -0.2) is 4.98 Å². The smallest absolute Gasteiger partial charge is 0.124 e. The molecule has 0 amide bonds. The van der Waals surface area contributed by atoms with Crippen LogP contribution in [0.2, 0.25) is 0 Å². The third kappa shape index (κ3) is 2.36. The lowest BCUT2D eigenvalue weighted by molar-refractivity contribution is 0.867. The monoisotopic (exact) mass is 295 g/mol. The number of hydrogen-bond donors (Lipinski definition) is 0. The summed E-state index contributed by atoms with van der Waals surface area (Å²) in [6, 6.07) is 8.68. The van der Waals surface area contributed by atoms with Crippen LogP contribution in [0.3, 0.4) is 0 Å². The average Bonchev–Trinajstić information content (AvgIpc) is 2.59. The van der Waals surface area contributed by atoms with Gasteiger partial charge in [-0.15, -0.1) is 11.3 Å². The lowest BCUT2D eigenvalue weighted by Gasteiger charge is -2.05. The average molecular weight is 296 g/mol. The van der Waals surface area contributed by atoms with Gasteiger partial charge in [-0.2, -0.15) is 0 Å². The summed E-state index contributed by atoms with van der Waals surface area (Å²) in [5.41, 5.74) is 2.57. The number of rotatable bonds is 2. The second kappa shape index (κ2) is 4.68. The summed E-state index contributed by atoms with van der Waals surface area (Å²) in [4.78, 5) is 5.72. The van der Waals surface area contributed by atoms with E-state index in [1.165, 1.54) is 16.0 Å². The molecule has 0 saturated carbocycles. The fourth-order valence-electron chi connectivity index (χ4n) is 1.51. The molecule has 0 radical (unpaired) electrons. The summed E-state index contributed by atoms with van der Waals surface area (Å²) in [5.74, 6) is 0.582. The second-order valence-corrected chi connectivity index (χ2v) is 6.10. The maximum absolute atomic E-state index is 4.49. The summed E-state index contributed by atoms with van der Waals surface area (Å²) in [7, 11) is 0. The van der Waals surface area contributed by atoms with E-state index in [4.69, 9.17) is 0 Å². The molecule has 0 aliphatic heterocycles. The standard InChI is InChI=1S/C13H14BrNS/c1-8(2)10-4-6-11(7-5-10)13-15-12(14)9(3)16-13/h4-8H,1-3H3. The summed E-state index contributed by atoms with van der Waals surface area (Å²) in [5, 5.41) is 1.08. The Bertz CT molecular complexity index is 466. The Hall–Kier alpha value is -0.670. The van der Waals surface area contributed by atoms with Crippen molar-refractivity contribution in [2.75, 3.05) is 0 Å². The van der Waals surface area contributed by atoms with E-state index < -0.39 is 0 Å². The lowest BCUT2D eigenvalue weighted by Crippen LogP contribution is -1.86. The van der Waals surface area contributed by atoms with Gasteiger partial charge < -0.3 is 0 Å². The topological polar surface area (TPSA) is 12.9 Å². The van der Waals surface area contributed by atoms with Gasteiger partial charge in [-0.3, -0.25) is 0 Å². The Morgan fingerprint density at radius 3 is 2.25 bits per heavy atom. The molecule has 84 valence electrons. The molecule has 1 aromatic heterocycles. The molecule has 1 nitrogen and oxygen atoms in total. The van der Waals surface area contributed by atoms with Crippen LogP contribution in [-0.2, 0) is 0 Å². The molecular formula is C13H14BrNS. The van der Waals surface area contributed by atoms with Crippen LogP contribution in [0.4, 0.5) is 0 Å². The Kier molecular flexibility index (Phi) is 3.45. The molecule has 0 atom stereocenters. The lowest BCUT2D eigenvalue weighted by atomic mass is 10.0. The predicted octanol–water partition coefficient (Wildman–Crippen LogP) is 5.00. The summed E-state index contributed by atoms with van der Waals surface area (Å²) in [6.45, 7) is 6.49. The normalized spacial score (nSPS) is 11.1. The van der Waals surface area contributed by atoms with Crippen LogP contribution in [0.1, 0.15) is 30.2 Å². The van der Waals surface area contributed by atoms with Crippen LogP contribution in [0, 0.1) is 6.92 Å². The van der Waals surface area contributed by atoms with Gasteiger partial charge in [0.1, 0.15) is 9.61 Å². The molecule has 16 heavy (non-hydrogen) atoms. The fraction of sp³-hybridized carbons (Fsp3) is 0.308. The number of nitrogens with zero attached hydrogens (tertiary/aromatic N) is 1. The van der Waals surface area contributed by atoms with Gasteiger partial charge in [0.2, 0.25) is 0 Å². The number of aromatic nitrogens is 1. The highest BCUT2D eigenvalue weighted by Gasteiger charge is 2.07. The van der Waals surface area contributed by atoms with E-state index in [0.717, 1.165) is 9.61 Å². The van der Waals surface area contributed by atoms with Gasteiger partial charge in [-0.05, 0) is 34.3 Å². The number of hydrogen-bond acceptors (Lipinski definition) is 2. The van der Waals surface area contributed by atoms with E-state index in [1.807, 2.05) is 0 Å². The van der Waals surface area contributed by atoms with Gasteiger partial charge in [-0.1, -0.05) is 38.1 Å². The van der Waals surface area contributed by atoms with Crippen molar-refractivity contribution in [2.24, 2.45) is 0 Å². The molecule has 2 rings (SSSR count). The highest BCUT2D eigenvalue weighted by Crippen LogP contribution is 2.30. The first-order valence-corrected chi connectivity index (χ1v) is 6.92. The maximum atomic E-state index is 4.49. The summed E-state index contributed by atoms with van der Waals surface area (Å²) in [6.07, 6.45) is 0. The van der Waals surface area contributed by atoms with Crippen molar-refractivity contribution in [3.8, 4) is 10.6 Å². The highest BCUT2D eigenvalue weighted by molar-refractivity contribution is 9.10. The minimum absolute atomic E-state index is 0.582. The van der Waals surface area contributed by atoms with Gasteiger partial charge in [0.15, 0.2) is 0 Å². The van der Waals surface area contributed by atoms with Crippen molar-refractivity contribution in [3.63, 3.8) is 0 Å². The number of thiazole rings is 1. The predicted molar refractivity (Wildman–Crippen MR) is 74.1 cm³/mol. The first kappa shape index (κ1) is 11.8. The first-order valence-electron chi connectivity index (χ1n) is 5.31. The molecule has 0 fully saturated rings. The van der Waals surface area contributed by atoms with Crippen LogP contribution in [0.25, 0.3) is 10.6 Å². The van der Waals surface area contributed by atoms with E-state index in [0.29, 0.717) is 5.92 Å². The van der Waals surface area contributed by atoms with Crippen LogP contribution >= 0.6 is 27.3 Å². The Labute approximate surface area is 109 Å². The SMILES string of the molecule is Cc1sc(-c2ccc(C(C)C)cc2)nc1Br. The van der Waals surface area contributed by atoms with Crippen LogP contribution < -0.4 is 0 Å². The van der Waals surface area contributed by atoms with Gasteiger partial charge in [0.05, 0.1) is 0 Å². The zero-order chi connectivity index (χ0) is 11.7. The zero-order valence-corrected chi connectivity index (χ0v) is 12.0. The molecular weight excluding hydrogens is 282 g/mol. The molecule has 0 aliphatic carbocycles. The van der Waals surface area contributed by atoms with Crippen LogP contribution in [0.5, 0.6) is 0 Å². The zero-order valence-electron chi connectivity index (χ0n) is 9.62.